The standard InChI is InChI=1S/C13H13N3/c1-3-11-15-12(13(14)16(11)4-2)10-8-6-5-7-9-10/h3-9H,1-2,14H2. The van der Waals surface area contributed by atoms with Gasteiger partial charge in [-0.25, -0.2) is 4.98 Å². The van der Waals surface area contributed by atoms with Gasteiger partial charge in [-0.3, -0.25) is 4.57 Å². The number of nitrogens with two attached hydrogens (primary N) is 1. The summed E-state index contributed by atoms with van der Waals surface area (Å²) in [5.41, 5.74) is 7.75. The van der Waals surface area contributed by atoms with E-state index in [4.69, 9.17) is 5.73 Å². The van der Waals surface area contributed by atoms with Gasteiger partial charge >= 0.3 is 0 Å². The first-order chi connectivity index (χ1) is 7.77. The summed E-state index contributed by atoms with van der Waals surface area (Å²) >= 11 is 0. The Morgan fingerprint density at radius 2 is 1.88 bits per heavy atom. The van der Waals surface area contributed by atoms with Gasteiger partial charge in [0.1, 0.15) is 17.3 Å². The van der Waals surface area contributed by atoms with E-state index in [0.717, 1.165) is 11.3 Å². The van der Waals surface area contributed by atoms with Gasteiger partial charge < -0.3 is 5.73 Å². The highest BCUT2D eigenvalue weighted by Gasteiger charge is 2.11. The highest BCUT2D eigenvalue weighted by atomic mass is 15.1. The Morgan fingerprint density at radius 3 is 2.38 bits per heavy atom. The molecule has 3 nitrogen and oxygen atoms in total. The largest absolute Gasteiger partial charge is 0.383 e. The molecular formula is C13H13N3. The Balaban J connectivity index is 2.63. The molecule has 1 aromatic carbocycles. The topological polar surface area (TPSA) is 43.8 Å². The van der Waals surface area contributed by atoms with Crippen molar-refractivity contribution in [2.75, 3.05) is 5.73 Å². The lowest BCUT2D eigenvalue weighted by atomic mass is 10.1. The Hall–Kier alpha value is -2.29. The van der Waals surface area contributed by atoms with E-state index in [1.165, 1.54) is 0 Å². The number of anilines is 1. The average molecular weight is 211 g/mol. The Kier molecular flexibility index (Phi) is 2.60. The SMILES string of the molecule is C=Cc1nc(-c2ccccc2)c(N)n1C=C. The Morgan fingerprint density at radius 1 is 1.19 bits per heavy atom. The lowest BCUT2D eigenvalue weighted by molar-refractivity contribution is 1.12. The van der Waals surface area contributed by atoms with Gasteiger partial charge in [-0.1, -0.05) is 43.5 Å². The molecule has 2 N–H and O–H groups in total. The molecule has 1 aromatic heterocycles. The number of benzene rings is 1. The highest BCUT2D eigenvalue weighted by molar-refractivity contribution is 5.74. The Labute approximate surface area is 94.5 Å². The molecule has 80 valence electrons. The molecule has 2 aromatic rings. The summed E-state index contributed by atoms with van der Waals surface area (Å²) in [7, 11) is 0. The highest BCUT2D eigenvalue weighted by Crippen LogP contribution is 2.26. The average Bonchev–Trinajstić information content (AvgIpc) is 2.66. The Bertz CT molecular complexity index is 524. The zero-order chi connectivity index (χ0) is 11.5. The van der Waals surface area contributed by atoms with Crippen molar-refractivity contribution < 1.29 is 0 Å². The molecule has 0 unspecified atom stereocenters. The van der Waals surface area contributed by atoms with E-state index in [-0.39, 0.29) is 0 Å². The predicted molar refractivity (Wildman–Crippen MR) is 68.6 cm³/mol. The first kappa shape index (κ1) is 10.2. The van der Waals surface area contributed by atoms with Gasteiger partial charge in [0.2, 0.25) is 0 Å². The van der Waals surface area contributed by atoms with Crippen LogP contribution in [0.5, 0.6) is 0 Å². The zero-order valence-electron chi connectivity index (χ0n) is 8.93. The second-order valence-corrected chi connectivity index (χ2v) is 3.33. The second kappa shape index (κ2) is 4.06. The fourth-order valence-electron chi connectivity index (χ4n) is 1.61. The molecule has 0 aliphatic heterocycles. The van der Waals surface area contributed by atoms with Crippen LogP contribution in [0.2, 0.25) is 0 Å². The van der Waals surface area contributed by atoms with Crippen LogP contribution in [-0.2, 0) is 0 Å². The van der Waals surface area contributed by atoms with Gasteiger partial charge in [-0.2, -0.15) is 0 Å². The summed E-state index contributed by atoms with van der Waals surface area (Å²) in [4.78, 5) is 4.42. The van der Waals surface area contributed by atoms with Crippen LogP contribution in [-0.4, -0.2) is 9.55 Å². The molecule has 0 bridgehead atoms. The maximum Gasteiger partial charge on any atom is 0.138 e. The molecule has 0 spiro atoms. The first-order valence-corrected chi connectivity index (χ1v) is 4.96. The third-order valence-electron chi connectivity index (χ3n) is 2.39. The van der Waals surface area contributed by atoms with E-state index in [0.29, 0.717) is 11.6 Å². The molecule has 0 saturated heterocycles. The lowest BCUT2D eigenvalue weighted by Gasteiger charge is -2.00. The van der Waals surface area contributed by atoms with Gasteiger partial charge in [0, 0.05) is 11.8 Å². The maximum atomic E-state index is 6.00. The van der Waals surface area contributed by atoms with Crippen molar-refractivity contribution >= 4 is 18.1 Å². The molecule has 0 aliphatic carbocycles. The molecule has 1 heterocycles. The van der Waals surface area contributed by atoms with Crippen LogP contribution >= 0.6 is 0 Å². The van der Waals surface area contributed by atoms with Crippen LogP contribution in [0.4, 0.5) is 5.82 Å². The van der Waals surface area contributed by atoms with Crippen molar-refractivity contribution in [2.24, 2.45) is 0 Å². The first-order valence-electron chi connectivity index (χ1n) is 4.96. The van der Waals surface area contributed by atoms with Crippen LogP contribution in [0.3, 0.4) is 0 Å². The van der Waals surface area contributed by atoms with Crippen molar-refractivity contribution in [2.45, 2.75) is 0 Å². The van der Waals surface area contributed by atoms with Gasteiger partial charge in [-0.05, 0) is 6.08 Å². The minimum absolute atomic E-state index is 0.580. The van der Waals surface area contributed by atoms with Crippen LogP contribution in [0.15, 0.2) is 43.5 Å². The number of aromatic nitrogens is 2. The van der Waals surface area contributed by atoms with E-state index in [2.05, 4.69) is 18.1 Å². The van der Waals surface area contributed by atoms with Gasteiger partial charge in [-0.15, -0.1) is 0 Å². The molecule has 0 fully saturated rings. The summed E-state index contributed by atoms with van der Waals surface area (Å²) < 4.78 is 1.72. The summed E-state index contributed by atoms with van der Waals surface area (Å²) in [6.07, 6.45) is 3.29. The van der Waals surface area contributed by atoms with E-state index >= 15 is 0 Å². The van der Waals surface area contributed by atoms with Gasteiger partial charge in [0.25, 0.3) is 0 Å². The number of hydrogen-bond donors (Lipinski definition) is 1. The van der Waals surface area contributed by atoms with Crippen molar-refractivity contribution in [1.82, 2.24) is 9.55 Å². The molecule has 3 heteroatoms. The van der Waals surface area contributed by atoms with Crippen LogP contribution in [0, 0.1) is 0 Å². The summed E-state index contributed by atoms with van der Waals surface area (Å²) in [6.45, 7) is 7.40. The molecule has 0 amide bonds. The number of nitrogens with zero attached hydrogens (tertiary/aromatic N) is 2. The molecule has 16 heavy (non-hydrogen) atoms. The van der Waals surface area contributed by atoms with Crippen molar-refractivity contribution in [3.05, 3.63) is 49.3 Å². The van der Waals surface area contributed by atoms with Gasteiger partial charge in [0.05, 0.1) is 0 Å². The third-order valence-corrected chi connectivity index (χ3v) is 2.39. The quantitative estimate of drug-likeness (QED) is 0.848. The van der Waals surface area contributed by atoms with E-state index in [1.807, 2.05) is 30.3 Å². The molecule has 0 radical (unpaired) electrons. The summed E-state index contributed by atoms with van der Waals surface area (Å²) in [5, 5.41) is 0. The van der Waals surface area contributed by atoms with Crippen LogP contribution < -0.4 is 5.73 Å². The fourth-order valence-corrected chi connectivity index (χ4v) is 1.61. The number of rotatable bonds is 3. The van der Waals surface area contributed by atoms with Crippen molar-refractivity contribution in [3.63, 3.8) is 0 Å². The van der Waals surface area contributed by atoms with Crippen LogP contribution in [0.25, 0.3) is 23.5 Å². The van der Waals surface area contributed by atoms with Crippen LogP contribution in [0.1, 0.15) is 5.82 Å². The predicted octanol–water partition coefficient (Wildman–Crippen LogP) is 2.88. The molecule has 0 atom stereocenters. The molecule has 0 saturated carbocycles. The minimum Gasteiger partial charge on any atom is -0.383 e. The zero-order valence-corrected chi connectivity index (χ0v) is 8.93. The van der Waals surface area contributed by atoms with E-state index in [1.54, 1.807) is 16.8 Å². The van der Waals surface area contributed by atoms with E-state index in [9.17, 15) is 0 Å². The summed E-state index contributed by atoms with van der Waals surface area (Å²) in [5.74, 6) is 1.28. The fraction of sp³-hybridized carbons (Fsp3) is 0. The smallest absolute Gasteiger partial charge is 0.138 e. The second-order valence-electron chi connectivity index (χ2n) is 3.33. The maximum absolute atomic E-state index is 6.00. The van der Waals surface area contributed by atoms with E-state index < -0.39 is 0 Å². The molecule has 0 aliphatic rings. The molecular weight excluding hydrogens is 198 g/mol. The summed E-state index contributed by atoms with van der Waals surface area (Å²) in [6, 6.07) is 9.81. The van der Waals surface area contributed by atoms with Crippen molar-refractivity contribution in [3.8, 4) is 11.3 Å². The normalized spacial score (nSPS) is 10.0. The monoisotopic (exact) mass is 211 g/mol. The number of hydrogen-bond acceptors (Lipinski definition) is 2. The third kappa shape index (κ3) is 1.52. The number of imidazole rings is 1. The van der Waals surface area contributed by atoms with Gasteiger partial charge in [0.15, 0.2) is 0 Å². The lowest BCUT2D eigenvalue weighted by Crippen LogP contribution is -1.96. The van der Waals surface area contributed by atoms with Crippen molar-refractivity contribution in [1.29, 1.82) is 0 Å². The minimum atomic E-state index is 0.580. The number of nitrogen functional groups attached to an aromatic ring is 1. The molecule has 2 rings (SSSR count).